The molecule has 0 unspecified atom stereocenters. The molecule has 0 aromatic carbocycles. The second-order valence-corrected chi connectivity index (χ2v) is 4.25. The number of aromatic nitrogens is 2. The van der Waals surface area contributed by atoms with Crippen LogP contribution in [0.4, 0.5) is 0 Å². The minimum Gasteiger partial charge on any atom is -0.190 e. The molecule has 0 atom stereocenters. The predicted octanol–water partition coefficient (Wildman–Crippen LogP) is 1.81. The molecule has 2 heterocycles. The first kappa shape index (κ1) is 7.68. The molecule has 0 aliphatic heterocycles. The van der Waals surface area contributed by atoms with Crippen LogP contribution in [0, 0.1) is 20.8 Å². The van der Waals surface area contributed by atoms with Crippen molar-refractivity contribution in [3.05, 3.63) is 28.5 Å². The maximum Gasteiger partial charge on any atom is 0.387 e. The van der Waals surface area contributed by atoms with Crippen LogP contribution in [0.25, 0.3) is 4.96 Å². The third-order valence-electron chi connectivity index (χ3n) is 1.84. The van der Waals surface area contributed by atoms with Crippen molar-refractivity contribution in [3.8, 4) is 0 Å². The Balaban J connectivity index is 2.88. The van der Waals surface area contributed by atoms with Crippen molar-refractivity contribution >= 4 is 16.3 Å². The van der Waals surface area contributed by atoms with Crippen LogP contribution in [-0.4, -0.2) is 4.98 Å². The smallest absolute Gasteiger partial charge is 0.190 e. The highest BCUT2D eigenvalue weighted by Gasteiger charge is 2.11. The van der Waals surface area contributed by atoms with Gasteiger partial charge in [-0.25, -0.2) is 0 Å². The van der Waals surface area contributed by atoms with Gasteiger partial charge >= 0.3 is 4.96 Å². The van der Waals surface area contributed by atoms with Crippen molar-refractivity contribution in [1.82, 2.24) is 4.98 Å². The molecule has 0 N–H and O–H groups in total. The molecule has 62 valence electrons. The molecule has 0 bridgehead atoms. The first-order valence-corrected chi connectivity index (χ1v) is 4.74. The maximum absolute atomic E-state index is 4.44. The standard InChI is InChI=1S/C9H11N2S/c1-6-4-7(2)11-5-8(3)12-9(11)10-6/h4-5H,1-3H3/q+1. The largest absolute Gasteiger partial charge is 0.387 e. The Morgan fingerprint density at radius 1 is 1.33 bits per heavy atom. The molecule has 12 heavy (non-hydrogen) atoms. The second kappa shape index (κ2) is 2.52. The van der Waals surface area contributed by atoms with Gasteiger partial charge in [0.15, 0.2) is 5.69 Å². The van der Waals surface area contributed by atoms with Crippen molar-refractivity contribution in [2.75, 3.05) is 0 Å². The van der Waals surface area contributed by atoms with Crippen LogP contribution in [0.1, 0.15) is 16.3 Å². The van der Waals surface area contributed by atoms with E-state index in [1.165, 1.54) is 10.6 Å². The molecule has 2 aromatic rings. The Kier molecular flexibility index (Phi) is 1.61. The minimum atomic E-state index is 1.09. The molecule has 0 aliphatic rings. The summed E-state index contributed by atoms with van der Waals surface area (Å²) in [5.74, 6) is 0. The molecule has 0 amide bonds. The topological polar surface area (TPSA) is 17.0 Å². The molecule has 2 aromatic heterocycles. The zero-order chi connectivity index (χ0) is 8.72. The number of thiazole rings is 1. The summed E-state index contributed by atoms with van der Waals surface area (Å²) >= 11 is 1.73. The highest BCUT2D eigenvalue weighted by molar-refractivity contribution is 7.16. The first-order chi connectivity index (χ1) is 5.66. The Labute approximate surface area is 75.5 Å². The van der Waals surface area contributed by atoms with Gasteiger partial charge in [-0.05, 0) is 30.2 Å². The number of hydrogen-bond acceptors (Lipinski definition) is 2. The van der Waals surface area contributed by atoms with E-state index >= 15 is 0 Å². The van der Waals surface area contributed by atoms with Crippen LogP contribution in [0.15, 0.2) is 12.3 Å². The highest BCUT2D eigenvalue weighted by Crippen LogP contribution is 2.10. The summed E-state index contributed by atoms with van der Waals surface area (Å²) in [5, 5.41) is 0. The minimum absolute atomic E-state index is 1.09. The molecule has 2 nitrogen and oxygen atoms in total. The van der Waals surface area contributed by atoms with Gasteiger partial charge < -0.3 is 0 Å². The van der Waals surface area contributed by atoms with E-state index in [9.17, 15) is 0 Å². The van der Waals surface area contributed by atoms with Gasteiger partial charge in [-0.2, -0.15) is 4.40 Å². The molecular weight excluding hydrogens is 168 g/mol. The van der Waals surface area contributed by atoms with Crippen molar-refractivity contribution in [2.24, 2.45) is 0 Å². The summed E-state index contributed by atoms with van der Waals surface area (Å²) < 4.78 is 2.13. The van der Waals surface area contributed by atoms with Gasteiger partial charge in [-0.3, -0.25) is 0 Å². The van der Waals surface area contributed by atoms with Crippen LogP contribution in [-0.2, 0) is 0 Å². The van der Waals surface area contributed by atoms with Gasteiger partial charge in [0.25, 0.3) is 0 Å². The Hall–Kier alpha value is -0.960. The second-order valence-electron chi connectivity index (χ2n) is 3.03. The summed E-state index contributed by atoms with van der Waals surface area (Å²) in [6.45, 7) is 6.24. The molecule has 0 saturated carbocycles. The van der Waals surface area contributed by atoms with E-state index in [2.05, 4.69) is 35.5 Å². The van der Waals surface area contributed by atoms with Gasteiger partial charge in [-0.1, -0.05) is 0 Å². The van der Waals surface area contributed by atoms with Crippen molar-refractivity contribution < 1.29 is 4.40 Å². The maximum atomic E-state index is 4.44. The monoisotopic (exact) mass is 179 g/mol. The van der Waals surface area contributed by atoms with E-state index in [1.807, 2.05) is 6.92 Å². The average molecular weight is 179 g/mol. The lowest BCUT2D eigenvalue weighted by atomic mass is 10.3. The van der Waals surface area contributed by atoms with E-state index in [0.717, 1.165) is 10.7 Å². The van der Waals surface area contributed by atoms with Crippen molar-refractivity contribution in [3.63, 3.8) is 0 Å². The number of rotatable bonds is 0. The van der Waals surface area contributed by atoms with Gasteiger partial charge in [0.2, 0.25) is 0 Å². The lowest BCUT2D eigenvalue weighted by molar-refractivity contribution is -0.518. The molecule has 2 rings (SSSR count). The SMILES string of the molecule is Cc1cc(C)[n+]2cc(C)sc2n1. The van der Waals surface area contributed by atoms with Crippen LogP contribution >= 0.6 is 11.3 Å². The summed E-state index contributed by atoms with van der Waals surface area (Å²) in [6, 6.07) is 2.10. The van der Waals surface area contributed by atoms with Gasteiger partial charge in [0.05, 0.1) is 0 Å². The van der Waals surface area contributed by atoms with Gasteiger partial charge in [0, 0.05) is 17.9 Å². The van der Waals surface area contributed by atoms with E-state index < -0.39 is 0 Å². The third kappa shape index (κ3) is 1.10. The van der Waals surface area contributed by atoms with Crippen molar-refractivity contribution in [1.29, 1.82) is 0 Å². The first-order valence-electron chi connectivity index (χ1n) is 3.93. The zero-order valence-corrected chi connectivity index (χ0v) is 8.27. The fourth-order valence-electron chi connectivity index (χ4n) is 1.34. The zero-order valence-electron chi connectivity index (χ0n) is 7.46. The predicted molar refractivity (Wildman–Crippen MR) is 49.5 cm³/mol. The molecular formula is C9H11N2S+. The fraction of sp³-hybridized carbons (Fsp3) is 0.333. The average Bonchev–Trinajstić information content (AvgIpc) is 2.29. The molecule has 0 fully saturated rings. The highest BCUT2D eigenvalue weighted by atomic mass is 32.1. The van der Waals surface area contributed by atoms with Gasteiger partial charge in [-0.15, -0.1) is 0 Å². The quantitative estimate of drug-likeness (QED) is 0.564. The van der Waals surface area contributed by atoms with Crippen LogP contribution in [0.2, 0.25) is 0 Å². The van der Waals surface area contributed by atoms with Crippen molar-refractivity contribution in [2.45, 2.75) is 20.8 Å². The molecule has 0 aliphatic carbocycles. The number of nitrogens with zero attached hydrogens (tertiary/aromatic N) is 2. The lowest BCUT2D eigenvalue weighted by Gasteiger charge is -1.88. The molecule has 0 radical (unpaired) electrons. The van der Waals surface area contributed by atoms with Crippen LogP contribution in [0.3, 0.4) is 0 Å². The molecule has 3 heteroatoms. The van der Waals surface area contributed by atoms with E-state index in [-0.39, 0.29) is 0 Å². The number of aryl methyl sites for hydroxylation is 3. The third-order valence-corrected chi connectivity index (χ3v) is 2.74. The van der Waals surface area contributed by atoms with E-state index in [1.54, 1.807) is 11.3 Å². The summed E-state index contributed by atoms with van der Waals surface area (Å²) in [6.07, 6.45) is 2.13. The number of fused-ring (bicyclic) bond motifs is 1. The normalized spacial score (nSPS) is 10.9. The Morgan fingerprint density at radius 3 is 2.83 bits per heavy atom. The number of hydrogen-bond donors (Lipinski definition) is 0. The van der Waals surface area contributed by atoms with Crippen LogP contribution in [0.5, 0.6) is 0 Å². The van der Waals surface area contributed by atoms with E-state index in [4.69, 9.17) is 0 Å². The molecule has 0 saturated heterocycles. The fourth-order valence-corrected chi connectivity index (χ4v) is 2.27. The van der Waals surface area contributed by atoms with Crippen LogP contribution < -0.4 is 4.40 Å². The summed E-state index contributed by atoms with van der Waals surface area (Å²) in [4.78, 5) is 6.83. The lowest BCUT2D eigenvalue weighted by Crippen LogP contribution is -2.23. The Morgan fingerprint density at radius 2 is 2.08 bits per heavy atom. The van der Waals surface area contributed by atoms with E-state index in [0.29, 0.717) is 0 Å². The van der Waals surface area contributed by atoms with Gasteiger partial charge in [0.1, 0.15) is 11.9 Å². The summed E-state index contributed by atoms with van der Waals surface area (Å²) in [5.41, 5.74) is 2.34. The summed E-state index contributed by atoms with van der Waals surface area (Å²) in [7, 11) is 0. The molecule has 0 spiro atoms. The Bertz CT molecular complexity index is 431.